The lowest BCUT2D eigenvalue weighted by Gasteiger charge is -2.22. The third-order valence-electron chi connectivity index (χ3n) is 2.10. The normalized spacial score (nSPS) is 12.6. The monoisotopic (exact) mass is 202 g/mol. The molecule has 0 rings (SSSR count). The third-order valence-corrected chi connectivity index (χ3v) is 2.10. The van der Waals surface area contributed by atoms with E-state index in [9.17, 15) is 8.78 Å². The van der Waals surface area contributed by atoms with Crippen molar-refractivity contribution in [3.63, 3.8) is 0 Å². The molecule has 0 fully saturated rings. The highest BCUT2D eigenvalue weighted by Gasteiger charge is 2.29. The van der Waals surface area contributed by atoms with Gasteiger partial charge in [-0.1, -0.05) is 20.8 Å². The van der Waals surface area contributed by atoms with Crippen LogP contribution in [0.5, 0.6) is 0 Å². The number of hydrogen-bond donors (Lipinski definition) is 0. The molecule has 0 amide bonds. The average Bonchev–Trinajstić information content (AvgIpc) is 2.00. The third kappa shape index (κ3) is 8.04. The van der Waals surface area contributed by atoms with Crippen LogP contribution in [-0.2, 0) is 0 Å². The lowest BCUT2D eigenvalue weighted by Crippen LogP contribution is -2.19. The van der Waals surface area contributed by atoms with Crippen LogP contribution in [0.25, 0.3) is 0 Å². The van der Waals surface area contributed by atoms with Gasteiger partial charge in [0.1, 0.15) is 0 Å². The van der Waals surface area contributed by atoms with Crippen LogP contribution in [0.3, 0.4) is 0 Å². The smallest absolute Gasteiger partial charge is 0.207 e. The van der Waals surface area contributed by atoms with Crippen molar-refractivity contribution in [1.29, 1.82) is 0 Å². The molecule has 0 unspecified atom stereocenters. The number of hydrogen-bond acceptors (Lipinski definition) is 0. The minimum atomic E-state index is -2.54. The molecule has 0 aliphatic heterocycles. The highest BCUT2D eigenvalue weighted by molar-refractivity contribution is 4.84. The Labute approximate surface area is 86.1 Å². The topological polar surface area (TPSA) is 0 Å². The molecular weight excluding hydrogens is 182 g/mol. The van der Waals surface area contributed by atoms with Crippen LogP contribution in [0.4, 0.5) is 8.78 Å². The van der Waals surface area contributed by atoms with Crippen molar-refractivity contribution in [1.82, 2.24) is 0 Å². The standard InChI is InChI=1S/C12H20F2/c1-5-6-7-8-12(13,14)10-9-11(2,3)4/h1H,6-10H2,2-4H3. The molecule has 0 aromatic rings. The quantitative estimate of drug-likeness (QED) is 0.462. The minimum absolute atomic E-state index is 0.0183. The molecule has 0 aliphatic carbocycles. The van der Waals surface area contributed by atoms with Crippen LogP contribution >= 0.6 is 0 Å². The van der Waals surface area contributed by atoms with E-state index in [-0.39, 0.29) is 18.3 Å². The molecule has 82 valence electrons. The first kappa shape index (κ1) is 13.4. The first-order valence-electron chi connectivity index (χ1n) is 5.08. The van der Waals surface area contributed by atoms with Crippen molar-refractivity contribution in [3.05, 3.63) is 0 Å². The minimum Gasteiger partial charge on any atom is -0.207 e. The summed E-state index contributed by atoms with van der Waals surface area (Å²) in [4.78, 5) is 0. The lowest BCUT2D eigenvalue weighted by molar-refractivity contribution is -0.0264. The molecule has 0 spiro atoms. The molecule has 0 aromatic heterocycles. The Morgan fingerprint density at radius 1 is 1.07 bits per heavy atom. The van der Waals surface area contributed by atoms with Crippen molar-refractivity contribution < 1.29 is 8.78 Å². The van der Waals surface area contributed by atoms with Crippen LogP contribution in [0.1, 0.15) is 52.9 Å². The second-order valence-corrected chi connectivity index (χ2v) is 4.97. The summed E-state index contributed by atoms with van der Waals surface area (Å²) < 4.78 is 26.4. The number of terminal acetylenes is 1. The number of unbranched alkanes of at least 4 members (excludes halogenated alkanes) is 1. The fourth-order valence-corrected chi connectivity index (χ4v) is 1.13. The zero-order valence-corrected chi connectivity index (χ0v) is 9.37. The Balaban J connectivity index is 3.78. The summed E-state index contributed by atoms with van der Waals surface area (Å²) in [5, 5.41) is 0. The van der Waals surface area contributed by atoms with Gasteiger partial charge in [0.2, 0.25) is 5.92 Å². The Kier molecular flexibility index (Phi) is 5.12. The summed E-state index contributed by atoms with van der Waals surface area (Å²) in [5.41, 5.74) is -0.0183. The van der Waals surface area contributed by atoms with Crippen molar-refractivity contribution >= 4 is 0 Å². The molecule has 0 radical (unpaired) electrons. The van der Waals surface area contributed by atoms with E-state index in [4.69, 9.17) is 6.42 Å². The largest absolute Gasteiger partial charge is 0.248 e. The van der Waals surface area contributed by atoms with Gasteiger partial charge < -0.3 is 0 Å². The molecule has 0 saturated heterocycles. The molecule has 0 N–H and O–H groups in total. The van der Waals surface area contributed by atoms with Crippen LogP contribution in [0, 0.1) is 17.8 Å². The molecule has 0 nitrogen and oxygen atoms in total. The van der Waals surface area contributed by atoms with Crippen molar-refractivity contribution in [2.45, 2.75) is 58.8 Å². The van der Waals surface area contributed by atoms with Crippen LogP contribution < -0.4 is 0 Å². The highest BCUT2D eigenvalue weighted by atomic mass is 19.3. The second kappa shape index (κ2) is 5.34. The van der Waals surface area contributed by atoms with Crippen LogP contribution in [-0.4, -0.2) is 5.92 Å². The second-order valence-electron chi connectivity index (χ2n) is 4.97. The summed E-state index contributed by atoms with van der Waals surface area (Å²) >= 11 is 0. The summed E-state index contributed by atoms with van der Waals surface area (Å²) in [7, 11) is 0. The van der Waals surface area contributed by atoms with E-state index in [1.165, 1.54) is 0 Å². The summed E-state index contributed by atoms with van der Waals surface area (Å²) in [6.07, 6.45) is 6.33. The summed E-state index contributed by atoms with van der Waals surface area (Å²) in [6.45, 7) is 5.93. The molecule has 14 heavy (non-hydrogen) atoms. The lowest BCUT2D eigenvalue weighted by atomic mass is 9.88. The van der Waals surface area contributed by atoms with Gasteiger partial charge >= 0.3 is 0 Å². The van der Waals surface area contributed by atoms with Gasteiger partial charge in [0.05, 0.1) is 0 Å². The Morgan fingerprint density at radius 3 is 2.07 bits per heavy atom. The van der Waals surface area contributed by atoms with E-state index in [2.05, 4.69) is 5.92 Å². The molecule has 0 aliphatic rings. The fraction of sp³-hybridized carbons (Fsp3) is 0.833. The summed E-state index contributed by atoms with van der Waals surface area (Å²) in [5.74, 6) is -0.158. The van der Waals surface area contributed by atoms with Crippen LogP contribution in [0.15, 0.2) is 0 Å². The number of halogens is 2. The maximum Gasteiger partial charge on any atom is 0.248 e. The molecular formula is C12H20F2. The Hall–Kier alpha value is -0.580. The Morgan fingerprint density at radius 2 is 1.64 bits per heavy atom. The van der Waals surface area contributed by atoms with E-state index in [0.717, 1.165) is 0 Å². The summed E-state index contributed by atoms with van der Waals surface area (Å²) in [6, 6.07) is 0. The first-order chi connectivity index (χ1) is 6.27. The van der Waals surface area contributed by atoms with E-state index in [1.807, 2.05) is 20.8 Å². The van der Waals surface area contributed by atoms with Gasteiger partial charge in [0.25, 0.3) is 0 Å². The Bertz CT molecular complexity index is 193. The fourth-order valence-electron chi connectivity index (χ4n) is 1.13. The van der Waals surface area contributed by atoms with Crippen molar-refractivity contribution in [2.24, 2.45) is 5.41 Å². The first-order valence-corrected chi connectivity index (χ1v) is 5.08. The maximum atomic E-state index is 13.2. The maximum absolute atomic E-state index is 13.2. The SMILES string of the molecule is C#CCCCC(F)(F)CCC(C)(C)C. The molecule has 2 heteroatoms. The molecule has 0 saturated carbocycles. The van der Waals surface area contributed by atoms with Crippen LogP contribution in [0.2, 0.25) is 0 Å². The van der Waals surface area contributed by atoms with Gasteiger partial charge in [-0.2, -0.15) is 0 Å². The number of rotatable bonds is 5. The molecule has 0 heterocycles. The van der Waals surface area contributed by atoms with E-state index in [0.29, 0.717) is 19.3 Å². The zero-order chi connectivity index (χ0) is 11.2. The van der Waals surface area contributed by atoms with Gasteiger partial charge in [-0.3, -0.25) is 0 Å². The number of alkyl halides is 2. The van der Waals surface area contributed by atoms with Gasteiger partial charge in [0, 0.05) is 19.3 Å². The van der Waals surface area contributed by atoms with Crippen molar-refractivity contribution in [2.75, 3.05) is 0 Å². The van der Waals surface area contributed by atoms with Gasteiger partial charge in [-0.05, 0) is 18.3 Å². The highest BCUT2D eigenvalue weighted by Crippen LogP contribution is 2.32. The average molecular weight is 202 g/mol. The molecule has 0 bridgehead atoms. The van der Waals surface area contributed by atoms with Crippen molar-refractivity contribution in [3.8, 4) is 12.3 Å². The van der Waals surface area contributed by atoms with E-state index in [1.54, 1.807) is 0 Å². The van der Waals surface area contributed by atoms with Gasteiger partial charge in [-0.15, -0.1) is 12.3 Å². The predicted molar refractivity (Wildman–Crippen MR) is 56.3 cm³/mol. The molecule has 0 aromatic carbocycles. The predicted octanol–water partition coefficient (Wildman–Crippen LogP) is 4.25. The van der Waals surface area contributed by atoms with E-state index < -0.39 is 5.92 Å². The molecule has 0 atom stereocenters. The van der Waals surface area contributed by atoms with Gasteiger partial charge in [-0.25, -0.2) is 8.78 Å². The zero-order valence-electron chi connectivity index (χ0n) is 9.37. The van der Waals surface area contributed by atoms with E-state index >= 15 is 0 Å². The van der Waals surface area contributed by atoms with Gasteiger partial charge in [0.15, 0.2) is 0 Å².